The molecule has 2 N–H and O–H groups in total. The molecule has 3 nitrogen and oxygen atoms in total. The lowest BCUT2D eigenvalue weighted by molar-refractivity contribution is -0.118. The van der Waals surface area contributed by atoms with Gasteiger partial charge in [0.1, 0.15) is 0 Å². The maximum atomic E-state index is 10.7. The molecule has 1 aliphatic heterocycles. The molecule has 0 aliphatic carbocycles. The molecule has 1 fully saturated rings. The third-order valence-corrected chi connectivity index (χ3v) is 3.28. The number of nitrogens with zero attached hydrogens (tertiary/aromatic N) is 1. The molecule has 0 bridgehead atoms. The molecule has 0 spiro atoms. The van der Waals surface area contributed by atoms with E-state index in [1.54, 1.807) is 0 Å². The molecule has 16 heavy (non-hydrogen) atoms. The van der Waals surface area contributed by atoms with Crippen LogP contribution in [0.4, 0.5) is 0 Å². The fraction of sp³-hybridized carbons (Fsp3) is 0.417. The van der Waals surface area contributed by atoms with Gasteiger partial charge in [0, 0.05) is 30.6 Å². The fourth-order valence-corrected chi connectivity index (χ4v) is 2.15. The van der Waals surface area contributed by atoms with Gasteiger partial charge in [0.2, 0.25) is 5.91 Å². The number of amides is 1. The average Bonchev–Trinajstić information content (AvgIpc) is 2.19. The predicted octanol–water partition coefficient (Wildman–Crippen LogP) is 1.96. The summed E-state index contributed by atoms with van der Waals surface area (Å²) in [7, 11) is 0. The van der Waals surface area contributed by atoms with Crippen molar-refractivity contribution >= 4 is 17.5 Å². The van der Waals surface area contributed by atoms with Gasteiger partial charge in [0.15, 0.2) is 0 Å². The van der Waals surface area contributed by atoms with E-state index >= 15 is 0 Å². The Morgan fingerprint density at radius 2 is 2.12 bits per heavy atom. The Bertz CT molecular complexity index is 377. The van der Waals surface area contributed by atoms with E-state index in [0.717, 1.165) is 24.5 Å². The lowest BCUT2D eigenvalue weighted by Crippen LogP contribution is -2.42. The standard InChI is InChI=1S/C12H15ClN2O/c13-10-3-1-9(2-4-10)11-5-7-15(11)8-6-12(14)16/h1-4,11H,5-8H2,(H2,14,16). The summed E-state index contributed by atoms with van der Waals surface area (Å²) in [5.41, 5.74) is 6.40. The van der Waals surface area contributed by atoms with Crippen LogP contribution in [0, 0.1) is 0 Å². The molecular weight excluding hydrogens is 224 g/mol. The third kappa shape index (κ3) is 2.54. The van der Waals surface area contributed by atoms with E-state index in [9.17, 15) is 4.79 Å². The number of halogens is 1. The van der Waals surface area contributed by atoms with Crippen LogP contribution < -0.4 is 5.73 Å². The molecule has 1 saturated heterocycles. The second-order valence-corrected chi connectivity index (χ2v) is 4.54. The Morgan fingerprint density at radius 1 is 1.44 bits per heavy atom. The highest BCUT2D eigenvalue weighted by molar-refractivity contribution is 6.30. The number of carbonyl (C=O) groups excluding carboxylic acids is 1. The minimum atomic E-state index is -0.234. The molecule has 1 aromatic rings. The molecular formula is C12H15ClN2O. The van der Waals surface area contributed by atoms with Crippen molar-refractivity contribution in [3.05, 3.63) is 34.9 Å². The number of nitrogens with two attached hydrogens (primary N) is 1. The van der Waals surface area contributed by atoms with Crippen LogP contribution in [0.15, 0.2) is 24.3 Å². The maximum Gasteiger partial charge on any atom is 0.218 e. The van der Waals surface area contributed by atoms with Crippen LogP contribution >= 0.6 is 11.6 Å². The van der Waals surface area contributed by atoms with Crippen molar-refractivity contribution in [2.24, 2.45) is 5.73 Å². The second-order valence-electron chi connectivity index (χ2n) is 4.11. The first kappa shape index (κ1) is 11.4. The Kier molecular flexibility index (Phi) is 3.46. The monoisotopic (exact) mass is 238 g/mol. The zero-order chi connectivity index (χ0) is 11.5. The van der Waals surface area contributed by atoms with Crippen LogP contribution in [-0.4, -0.2) is 23.9 Å². The normalized spacial score (nSPS) is 20.4. The van der Waals surface area contributed by atoms with Gasteiger partial charge in [-0.25, -0.2) is 0 Å². The lowest BCUT2D eigenvalue weighted by atomic mass is 9.94. The second kappa shape index (κ2) is 4.85. The molecule has 86 valence electrons. The van der Waals surface area contributed by atoms with E-state index < -0.39 is 0 Å². The summed E-state index contributed by atoms with van der Waals surface area (Å²) in [6.07, 6.45) is 1.57. The molecule has 1 amide bonds. The van der Waals surface area contributed by atoms with Crippen molar-refractivity contribution in [3.63, 3.8) is 0 Å². The van der Waals surface area contributed by atoms with E-state index in [1.165, 1.54) is 5.56 Å². The van der Waals surface area contributed by atoms with Crippen LogP contribution in [-0.2, 0) is 4.79 Å². The molecule has 1 heterocycles. The summed E-state index contributed by atoms with van der Waals surface area (Å²) >= 11 is 5.84. The van der Waals surface area contributed by atoms with Crippen molar-refractivity contribution in [2.45, 2.75) is 18.9 Å². The number of hydrogen-bond donors (Lipinski definition) is 1. The average molecular weight is 239 g/mol. The summed E-state index contributed by atoms with van der Waals surface area (Å²) in [5.74, 6) is -0.234. The van der Waals surface area contributed by atoms with Crippen LogP contribution in [0.25, 0.3) is 0 Å². The molecule has 1 unspecified atom stereocenters. The molecule has 1 aliphatic rings. The molecule has 1 atom stereocenters. The zero-order valence-electron chi connectivity index (χ0n) is 9.03. The Hall–Kier alpha value is -1.06. The van der Waals surface area contributed by atoms with Gasteiger partial charge in [-0.3, -0.25) is 9.69 Å². The summed E-state index contributed by atoms with van der Waals surface area (Å²) in [6.45, 7) is 1.79. The number of carbonyl (C=O) groups is 1. The summed E-state index contributed by atoms with van der Waals surface area (Å²) in [4.78, 5) is 13.0. The van der Waals surface area contributed by atoms with E-state index in [1.807, 2.05) is 24.3 Å². The Balaban J connectivity index is 1.95. The van der Waals surface area contributed by atoms with Gasteiger partial charge in [-0.1, -0.05) is 23.7 Å². The molecule has 0 aromatic heterocycles. The quantitative estimate of drug-likeness (QED) is 0.872. The van der Waals surface area contributed by atoms with Crippen molar-refractivity contribution in [1.82, 2.24) is 4.90 Å². The fourth-order valence-electron chi connectivity index (χ4n) is 2.02. The van der Waals surface area contributed by atoms with Crippen LogP contribution in [0.1, 0.15) is 24.4 Å². The minimum absolute atomic E-state index is 0.234. The van der Waals surface area contributed by atoms with Crippen LogP contribution in [0.2, 0.25) is 5.02 Å². The topological polar surface area (TPSA) is 46.3 Å². The first-order valence-electron chi connectivity index (χ1n) is 5.44. The largest absolute Gasteiger partial charge is 0.370 e. The highest BCUT2D eigenvalue weighted by atomic mass is 35.5. The van der Waals surface area contributed by atoms with E-state index in [2.05, 4.69) is 4.90 Å². The number of primary amides is 1. The summed E-state index contributed by atoms with van der Waals surface area (Å²) in [6, 6.07) is 8.33. The van der Waals surface area contributed by atoms with Crippen molar-refractivity contribution < 1.29 is 4.79 Å². The molecule has 0 radical (unpaired) electrons. The third-order valence-electron chi connectivity index (χ3n) is 3.03. The zero-order valence-corrected chi connectivity index (χ0v) is 9.78. The maximum absolute atomic E-state index is 10.7. The van der Waals surface area contributed by atoms with E-state index in [4.69, 9.17) is 17.3 Å². The van der Waals surface area contributed by atoms with Crippen molar-refractivity contribution in [1.29, 1.82) is 0 Å². The lowest BCUT2D eigenvalue weighted by Gasteiger charge is -2.41. The summed E-state index contributed by atoms with van der Waals surface area (Å²) < 4.78 is 0. The van der Waals surface area contributed by atoms with Gasteiger partial charge < -0.3 is 5.73 Å². The van der Waals surface area contributed by atoms with Crippen molar-refractivity contribution in [2.75, 3.05) is 13.1 Å². The highest BCUT2D eigenvalue weighted by Crippen LogP contribution is 2.33. The van der Waals surface area contributed by atoms with Gasteiger partial charge in [-0.2, -0.15) is 0 Å². The summed E-state index contributed by atoms with van der Waals surface area (Å²) in [5, 5.41) is 0.756. The van der Waals surface area contributed by atoms with Crippen LogP contribution in [0.3, 0.4) is 0 Å². The molecule has 0 saturated carbocycles. The smallest absolute Gasteiger partial charge is 0.218 e. The predicted molar refractivity (Wildman–Crippen MR) is 64.2 cm³/mol. The minimum Gasteiger partial charge on any atom is -0.370 e. The number of rotatable bonds is 4. The van der Waals surface area contributed by atoms with Gasteiger partial charge >= 0.3 is 0 Å². The highest BCUT2D eigenvalue weighted by Gasteiger charge is 2.28. The first-order valence-corrected chi connectivity index (χ1v) is 5.82. The van der Waals surface area contributed by atoms with Crippen LogP contribution in [0.5, 0.6) is 0 Å². The van der Waals surface area contributed by atoms with Gasteiger partial charge in [-0.15, -0.1) is 0 Å². The molecule has 4 heteroatoms. The Morgan fingerprint density at radius 3 is 2.62 bits per heavy atom. The molecule has 1 aromatic carbocycles. The van der Waals surface area contributed by atoms with E-state index in [0.29, 0.717) is 12.5 Å². The number of benzene rings is 1. The van der Waals surface area contributed by atoms with Crippen molar-refractivity contribution in [3.8, 4) is 0 Å². The Labute approximate surface area is 100 Å². The van der Waals surface area contributed by atoms with Gasteiger partial charge in [0.25, 0.3) is 0 Å². The van der Waals surface area contributed by atoms with Gasteiger partial charge in [0.05, 0.1) is 0 Å². The van der Waals surface area contributed by atoms with Gasteiger partial charge in [-0.05, 0) is 24.1 Å². The number of likely N-dealkylation sites (tertiary alicyclic amines) is 1. The SMILES string of the molecule is NC(=O)CCN1CCC1c1ccc(Cl)cc1. The van der Waals surface area contributed by atoms with E-state index in [-0.39, 0.29) is 5.91 Å². The number of hydrogen-bond acceptors (Lipinski definition) is 2. The molecule has 2 rings (SSSR count). The first-order chi connectivity index (χ1) is 7.66.